The molecule has 0 saturated heterocycles. The van der Waals surface area contributed by atoms with Gasteiger partial charge in [-0.3, -0.25) is 4.79 Å². The van der Waals surface area contributed by atoms with E-state index in [0.29, 0.717) is 21.4 Å². The average molecular weight is 478 g/mol. The molecular formula is C17H12Cl2F3N5O2S. The Bertz CT molecular complexity index is 1050. The fourth-order valence-corrected chi connectivity index (χ4v) is 3.39. The maximum atomic E-state index is 12.5. The Morgan fingerprint density at radius 1 is 1.20 bits per heavy atom. The normalized spacial score (nSPS) is 12.5. The predicted octanol–water partition coefficient (Wildman–Crippen LogP) is 4.99. The first-order valence-corrected chi connectivity index (χ1v) is 9.83. The first kappa shape index (κ1) is 22.2. The highest BCUT2D eigenvalue weighted by molar-refractivity contribution is 8.00. The summed E-state index contributed by atoms with van der Waals surface area (Å²) in [7, 11) is 0. The number of rotatable bonds is 6. The Kier molecular flexibility index (Phi) is 6.74. The number of ether oxygens (including phenoxy) is 1. The summed E-state index contributed by atoms with van der Waals surface area (Å²) in [5.74, 6) is -0.743. The number of nitrogens with one attached hydrogen (secondary N) is 1. The monoisotopic (exact) mass is 477 g/mol. The second kappa shape index (κ2) is 9.11. The van der Waals surface area contributed by atoms with E-state index < -0.39 is 11.6 Å². The number of hydrogen-bond donors (Lipinski definition) is 1. The SMILES string of the molecule is CC(Sc1nnnn1-c1ccc(OC(F)(F)F)cc1)C(=O)Nc1cc(Cl)ccc1Cl. The molecule has 1 atom stereocenters. The van der Waals surface area contributed by atoms with Crippen LogP contribution in [-0.4, -0.2) is 37.7 Å². The van der Waals surface area contributed by atoms with Gasteiger partial charge in [-0.25, -0.2) is 0 Å². The van der Waals surface area contributed by atoms with Crippen LogP contribution in [0.1, 0.15) is 6.92 Å². The van der Waals surface area contributed by atoms with E-state index in [0.717, 1.165) is 23.9 Å². The quantitative estimate of drug-likeness (QED) is 0.503. The van der Waals surface area contributed by atoms with E-state index in [2.05, 4.69) is 25.6 Å². The van der Waals surface area contributed by atoms with Crippen LogP contribution >= 0.6 is 35.0 Å². The minimum Gasteiger partial charge on any atom is -0.406 e. The number of benzene rings is 2. The molecule has 1 unspecified atom stereocenters. The maximum Gasteiger partial charge on any atom is 0.573 e. The van der Waals surface area contributed by atoms with Crippen molar-refractivity contribution in [2.45, 2.75) is 23.7 Å². The van der Waals surface area contributed by atoms with Crippen molar-refractivity contribution in [3.63, 3.8) is 0 Å². The molecule has 0 aliphatic heterocycles. The number of anilines is 1. The highest BCUT2D eigenvalue weighted by Gasteiger charge is 2.31. The van der Waals surface area contributed by atoms with E-state index in [1.165, 1.54) is 22.9 Å². The average Bonchev–Trinajstić information content (AvgIpc) is 3.12. The number of carbonyl (C=O) groups excluding carboxylic acids is 1. The maximum absolute atomic E-state index is 12.5. The number of hydrogen-bond acceptors (Lipinski definition) is 6. The molecule has 0 radical (unpaired) electrons. The Labute approximate surface area is 182 Å². The van der Waals surface area contributed by atoms with Gasteiger partial charge in [0, 0.05) is 5.02 Å². The molecule has 2 aromatic carbocycles. The molecule has 0 bridgehead atoms. The minimum absolute atomic E-state index is 0.263. The lowest BCUT2D eigenvalue weighted by Gasteiger charge is -2.13. The molecule has 1 amide bonds. The van der Waals surface area contributed by atoms with Gasteiger partial charge >= 0.3 is 6.36 Å². The molecule has 30 heavy (non-hydrogen) atoms. The zero-order valence-corrected chi connectivity index (χ0v) is 17.4. The van der Waals surface area contributed by atoms with Gasteiger partial charge in [0.05, 0.1) is 21.6 Å². The summed E-state index contributed by atoms with van der Waals surface area (Å²) in [6.07, 6.45) is -4.79. The Hall–Kier alpha value is -2.50. The van der Waals surface area contributed by atoms with Crippen molar-refractivity contribution in [3.05, 3.63) is 52.5 Å². The van der Waals surface area contributed by atoms with E-state index in [4.69, 9.17) is 23.2 Å². The van der Waals surface area contributed by atoms with E-state index in [-0.39, 0.29) is 16.8 Å². The second-order valence-corrected chi connectivity index (χ2v) is 7.94. The number of alkyl halides is 3. The van der Waals surface area contributed by atoms with Crippen molar-refractivity contribution in [3.8, 4) is 11.4 Å². The molecule has 0 aliphatic carbocycles. The van der Waals surface area contributed by atoms with Gasteiger partial charge in [0.1, 0.15) is 5.75 Å². The van der Waals surface area contributed by atoms with E-state index in [9.17, 15) is 18.0 Å². The van der Waals surface area contributed by atoms with Crippen molar-refractivity contribution >= 4 is 46.6 Å². The summed E-state index contributed by atoms with van der Waals surface area (Å²) in [5, 5.41) is 14.3. The van der Waals surface area contributed by atoms with Crippen LogP contribution < -0.4 is 10.1 Å². The van der Waals surface area contributed by atoms with E-state index in [1.54, 1.807) is 19.1 Å². The van der Waals surface area contributed by atoms with Crippen LogP contribution in [0, 0.1) is 0 Å². The van der Waals surface area contributed by atoms with Crippen molar-refractivity contribution in [1.29, 1.82) is 0 Å². The zero-order valence-electron chi connectivity index (χ0n) is 15.0. The molecule has 158 valence electrons. The molecule has 1 aromatic heterocycles. The van der Waals surface area contributed by atoms with E-state index in [1.807, 2.05) is 0 Å². The summed E-state index contributed by atoms with van der Waals surface area (Å²) in [4.78, 5) is 12.5. The van der Waals surface area contributed by atoms with Gasteiger partial charge in [-0.05, 0) is 59.8 Å². The molecule has 0 fully saturated rings. The number of nitrogens with zero attached hydrogens (tertiary/aromatic N) is 4. The molecule has 0 aliphatic rings. The first-order valence-electron chi connectivity index (χ1n) is 8.19. The topological polar surface area (TPSA) is 81.9 Å². The number of carbonyl (C=O) groups is 1. The van der Waals surface area contributed by atoms with Crippen LogP contribution in [0.2, 0.25) is 10.0 Å². The molecule has 3 aromatic rings. The van der Waals surface area contributed by atoms with Crippen LogP contribution in [0.3, 0.4) is 0 Å². The summed E-state index contributed by atoms with van der Waals surface area (Å²) in [6.45, 7) is 1.64. The Balaban J connectivity index is 1.70. The third kappa shape index (κ3) is 5.77. The smallest absolute Gasteiger partial charge is 0.406 e. The largest absolute Gasteiger partial charge is 0.573 e. The lowest BCUT2D eigenvalue weighted by atomic mass is 10.3. The summed E-state index contributed by atoms with van der Waals surface area (Å²) in [5.41, 5.74) is 0.754. The van der Waals surface area contributed by atoms with Crippen molar-refractivity contribution in [2.75, 3.05) is 5.32 Å². The van der Waals surface area contributed by atoms with Gasteiger partial charge < -0.3 is 10.1 Å². The third-order valence-corrected chi connectivity index (χ3v) is 5.19. The van der Waals surface area contributed by atoms with Crippen LogP contribution in [0.15, 0.2) is 47.6 Å². The van der Waals surface area contributed by atoms with Crippen LogP contribution in [-0.2, 0) is 4.79 Å². The number of thioether (sulfide) groups is 1. The van der Waals surface area contributed by atoms with Crippen molar-refractivity contribution < 1.29 is 22.7 Å². The van der Waals surface area contributed by atoms with Gasteiger partial charge in [-0.1, -0.05) is 35.0 Å². The fraction of sp³-hybridized carbons (Fsp3) is 0.176. The highest BCUT2D eigenvalue weighted by atomic mass is 35.5. The Morgan fingerprint density at radius 2 is 1.90 bits per heavy atom. The molecule has 1 N–H and O–H groups in total. The third-order valence-electron chi connectivity index (χ3n) is 3.59. The van der Waals surface area contributed by atoms with Crippen LogP contribution in [0.25, 0.3) is 5.69 Å². The molecule has 7 nitrogen and oxygen atoms in total. The van der Waals surface area contributed by atoms with Crippen molar-refractivity contribution in [1.82, 2.24) is 20.2 Å². The van der Waals surface area contributed by atoms with Crippen LogP contribution in [0.5, 0.6) is 5.75 Å². The molecular weight excluding hydrogens is 466 g/mol. The highest BCUT2D eigenvalue weighted by Crippen LogP contribution is 2.29. The van der Waals surface area contributed by atoms with Gasteiger partial charge in [0.2, 0.25) is 11.1 Å². The summed E-state index contributed by atoms with van der Waals surface area (Å²) >= 11 is 13.0. The summed E-state index contributed by atoms with van der Waals surface area (Å²) < 4.78 is 42.0. The molecule has 0 spiro atoms. The summed E-state index contributed by atoms with van der Waals surface area (Å²) in [6, 6.07) is 9.66. The van der Waals surface area contributed by atoms with E-state index >= 15 is 0 Å². The second-order valence-electron chi connectivity index (χ2n) is 5.79. The van der Waals surface area contributed by atoms with Gasteiger partial charge in [-0.15, -0.1) is 18.3 Å². The molecule has 13 heteroatoms. The lowest BCUT2D eigenvalue weighted by molar-refractivity contribution is -0.274. The fourth-order valence-electron chi connectivity index (χ4n) is 2.24. The van der Waals surface area contributed by atoms with Crippen LogP contribution in [0.4, 0.5) is 18.9 Å². The molecule has 0 saturated carbocycles. The number of aromatic nitrogens is 4. The first-order chi connectivity index (χ1) is 14.1. The molecule has 3 rings (SSSR count). The Morgan fingerprint density at radius 3 is 2.57 bits per heavy atom. The van der Waals surface area contributed by atoms with Gasteiger partial charge in [-0.2, -0.15) is 4.68 Å². The predicted molar refractivity (Wildman–Crippen MR) is 106 cm³/mol. The van der Waals surface area contributed by atoms with Gasteiger partial charge in [0.15, 0.2) is 0 Å². The van der Waals surface area contributed by atoms with Gasteiger partial charge in [0.25, 0.3) is 0 Å². The number of tetrazole rings is 1. The lowest BCUT2D eigenvalue weighted by Crippen LogP contribution is -2.23. The van der Waals surface area contributed by atoms with Crippen molar-refractivity contribution in [2.24, 2.45) is 0 Å². The number of amides is 1. The molecule has 1 heterocycles. The zero-order chi connectivity index (χ0) is 21.9. The number of halogens is 5. The minimum atomic E-state index is -4.79. The standard InChI is InChI=1S/C17H12Cl2F3N5O2S/c1-9(15(28)23-14-8-10(18)2-7-13(14)19)30-16-24-25-26-27(16)11-3-5-12(6-4-11)29-17(20,21)22/h2-9H,1H3,(H,23,28).